The van der Waals surface area contributed by atoms with E-state index in [1.807, 2.05) is 6.20 Å². The Balaban J connectivity index is 1.64. The number of piperidine rings is 1. The lowest BCUT2D eigenvalue weighted by atomic mass is 10.1. The van der Waals surface area contributed by atoms with Crippen molar-refractivity contribution in [2.24, 2.45) is 17.8 Å². The number of rotatable bonds is 6. The summed E-state index contributed by atoms with van der Waals surface area (Å²) in [6.07, 6.45) is -0.650. The summed E-state index contributed by atoms with van der Waals surface area (Å²) in [5.74, 6) is 1.60. The van der Waals surface area contributed by atoms with Gasteiger partial charge in [0.15, 0.2) is 0 Å². The number of imidazole rings is 1. The van der Waals surface area contributed by atoms with Crippen LogP contribution in [0.25, 0.3) is 11.3 Å². The lowest BCUT2D eigenvalue weighted by molar-refractivity contribution is -0.137. The Kier molecular flexibility index (Phi) is 5.04. The van der Waals surface area contributed by atoms with Gasteiger partial charge < -0.3 is 15.2 Å². The van der Waals surface area contributed by atoms with E-state index in [-0.39, 0.29) is 12.7 Å². The van der Waals surface area contributed by atoms with E-state index < -0.39 is 17.6 Å². The summed E-state index contributed by atoms with van der Waals surface area (Å²) in [6, 6.07) is 1.30. The molecule has 9 heteroatoms. The van der Waals surface area contributed by atoms with E-state index in [0.29, 0.717) is 35.6 Å². The highest BCUT2D eigenvalue weighted by molar-refractivity contribution is 5.62. The first kappa shape index (κ1) is 20.1. The van der Waals surface area contributed by atoms with Gasteiger partial charge in [0.05, 0.1) is 11.3 Å². The first-order chi connectivity index (χ1) is 13.7. The second kappa shape index (κ2) is 7.27. The number of hydrogen-bond acceptors (Lipinski definition) is 4. The minimum absolute atomic E-state index is 0.282. The van der Waals surface area contributed by atoms with Gasteiger partial charge in [-0.15, -0.1) is 0 Å². The minimum atomic E-state index is -4.57. The second-order valence-electron chi connectivity index (χ2n) is 8.47. The molecule has 1 aliphatic carbocycles. The number of pyridine rings is 1. The molecule has 0 radical (unpaired) electrons. The number of likely N-dealkylation sites (tertiary alicyclic amines) is 1. The summed E-state index contributed by atoms with van der Waals surface area (Å²) in [7, 11) is 0. The Labute approximate surface area is 166 Å². The number of aromatic nitrogens is 3. The normalized spacial score (nSPS) is 24.3. The molecule has 2 aromatic rings. The Morgan fingerprint density at radius 2 is 1.93 bits per heavy atom. The SMILES string of the molecule is CC(C)Cc1nc(-c2cnc(N)c(C(F)(F)F)c2)cn1[C@H]1[C@@H]2CN(CCF)C[C@@H]21. The fraction of sp³-hybridized carbons (Fsp3) is 0.600. The smallest absolute Gasteiger partial charge is 0.383 e. The fourth-order valence-corrected chi connectivity index (χ4v) is 4.48. The van der Waals surface area contributed by atoms with Crippen LogP contribution in [0, 0.1) is 17.8 Å². The van der Waals surface area contributed by atoms with E-state index in [1.165, 1.54) is 6.20 Å². The largest absolute Gasteiger partial charge is 0.419 e. The number of nitrogens with zero attached hydrogens (tertiary/aromatic N) is 4. The highest BCUT2D eigenvalue weighted by Gasteiger charge is 2.57. The van der Waals surface area contributed by atoms with Gasteiger partial charge in [-0.1, -0.05) is 13.8 Å². The Bertz CT molecular complexity index is 879. The summed E-state index contributed by atoms with van der Waals surface area (Å²) in [6.45, 7) is 6.00. The second-order valence-corrected chi connectivity index (χ2v) is 8.47. The molecule has 1 aliphatic heterocycles. The molecule has 5 nitrogen and oxygen atoms in total. The Morgan fingerprint density at radius 1 is 1.24 bits per heavy atom. The monoisotopic (exact) mass is 411 g/mol. The van der Waals surface area contributed by atoms with E-state index in [4.69, 9.17) is 5.73 Å². The van der Waals surface area contributed by atoms with Crippen LogP contribution >= 0.6 is 0 Å². The molecule has 29 heavy (non-hydrogen) atoms. The van der Waals surface area contributed by atoms with Gasteiger partial charge in [-0.25, -0.2) is 14.4 Å². The molecule has 2 N–H and O–H groups in total. The van der Waals surface area contributed by atoms with Crippen LogP contribution in [0.3, 0.4) is 0 Å². The molecule has 0 bridgehead atoms. The molecule has 3 heterocycles. The van der Waals surface area contributed by atoms with E-state index >= 15 is 0 Å². The van der Waals surface area contributed by atoms with Crippen molar-refractivity contribution < 1.29 is 17.6 Å². The molecule has 0 aromatic carbocycles. The first-order valence-corrected chi connectivity index (χ1v) is 9.88. The van der Waals surface area contributed by atoms with Crippen molar-refractivity contribution in [1.29, 1.82) is 0 Å². The third kappa shape index (κ3) is 3.84. The lowest BCUT2D eigenvalue weighted by Gasteiger charge is -2.19. The predicted octanol–water partition coefficient (Wildman–Crippen LogP) is 3.82. The summed E-state index contributed by atoms with van der Waals surface area (Å²) in [5, 5.41) is 0. The molecular formula is C20H25F4N5. The standard InChI is InChI=1S/C20H25F4N5/c1-11(2)5-17-27-16(12-6-15(20(22,23)24)19(25)26-7-12)10-29(17)18-13-8-28(4-3-21)9-14(13)18/h6-7,10-11,13-14,18H,3-5,8-9H2,1-2H3,(H2,25,26)/t13-,14+,18+. The van der Waals surface area contributed by atoms with Crippen LogP contribution in [0.2, 0.25) is 0 Å². The molecule has 3 atom stereocenters. The van der Waals surface area contributed by atoms with Gasteiger partial charge in [-0.3, -0.25) is 0 Å². The molecule has 0 spiro atoms. The number of halogens is 4. The highest BCUT2D eigenvalue weighted by Crippen LogP contribution is 2.56. The van der Waals surface area contributed by atoms with Gasteiger partial charge in [-0.05, 0) is 23.8 Å². The van der Waals surface area contributed by atoms with Crippen LogP contribution in [0.15, 0.2) is 18.5 Å². The molecule has 0 unspecified atom stereocenters. The van der Waals surface area contributed by atoms with E-state index in [1.54, 1.807) is 0 Å². The molecule has 1 saturated heterocycles. The van der Waals surface area contributed by atoms with E-state index in [9.17, 15) is 17.6 Å². The average molecular weight is 411 g/mol. The number of hydrogen-bond donors (Lipinski definition) is 1. The van der Waals surface area contributed by atoms with Crippen LogP contribution in [0.5, 0.6) is 0 Å². The van der Waals surface area contributed by atoms with Crippen LogP contribution in [0.1, 0.15) is 31.3 Å². The zero-order chi connectivity index (χ0) is 20.9. The van der Waals surface area contributed by atoms with Crippen molar-refractivity contribution in [1.82, 2.24) is 19.4 Å². The van der Waals surface area contributed by atoms with Gasteiger partial charge in [0.2, 0.25) is 0 Å². The summed E-state index contributed by atoms with van der Waals surface area (Å²) in [5.41, 5.74) is 5.26. The Hall–Kier alpha value is -2.16. The van der Waals surface area contributed by atoms with Gasteiger partial charge >= 0.3 is 6.18 Å². The van der Waals surface area contributed by atoms with Crippen molar-refractivity contribution in [2.45, 2.75) is 32.5 Å². The van der Waals surface area contributed by atoms with Crippen LogP contribution in [-0.2, 0) is 12.6 Å². The molecule has 158 valence electrons. The maximum atomic E-state index is 13.2. The Morgan fingerprint density at radius 3 is 2.52 bits per heavy atom. The van der Waals surface area contributed by atoms with Crippen LogP contribution < -0.4 is 5.73 Å². The predicted molar refractivity (Wildman–Crippen MR) is 102 cm³/mol. The van der Waals surface area contributed by atoms with E-state index in [0.717, 1.165) is 31.4 Å². The first-order valence-electron chi connectivity index (χ1n) is 9.88. The molecule has 1 saturated carbocycles. The molecule has 2 aliphatic rings. The number of anilines is 1. The topological polar surface area (TPSA) is 60.0 Å². The molecule has 0 amide bonds. The molecule has 4 rings (SSSR count). The van der Waals surface area contributed by atoms with Gasteiger partial charge in [-0.2, -0.15) is 13.2 Å². The minimum Gasteiger partial charge on any atom is -0.383 e. The van der Waals surface area contributed by atoms with Crippen molar-refractivity contribution >= 4 is 5.82 Å². The zero-order valence-corrected chi connectivity index (χ0v) is 16.5. The van der Waals surface area contributed by atoms with Crippen molar-refractivity contribution in [3.8, 4) is 11.3 Å². The number of nitrogens with two attached hydrogens (primary N) is 1. The van der Waals surface area contributed by atoms with Crippen LogP contribution in [-0.4, -0.2) is 45.7 Å². The summed E-state index contributed by atoms with van der Waals surface area (Å²) >= 11 is 0. The third-order valence-electron chi connectivity index (χ3n) is 5.87. The van der Waals surface area contributed by atoms with Gasteiger partial charge in [0, 0.05) is 50.1 Å². The van der Waals surface area contributed by atoms with Gasteiger partial charge in [0.1, 0.15) is 18.3 Å². The molecular weight excluding hydrogens is 386 g/mol. The quantitative estimate of drug-likeness (QED) is 0.735. The maximum absolute atomic E-state index is 13.2. The van der Waals surface area contributed by atoms with Crippen molar-refractivity contribution in [2.75, 3.05) is 32.0 Å². The highest BCUT2D eigenvalue weighted by atomic mass is 19.4. The number of fused-ring (bicyclic) bond motifs is 1. The number of alkyl halides is 4. The average Bonchev–Trinajstić information content (AvgIpc) is 2.96. The summed E-state index contributed by atoms with van der Waals surface area (Å²) in [4.78, 5) is 10.5. The van der Waals surface area contributed by atoms with Crippen LogP contribution in [0.4, 0.5) is 23.4 Å². The van der Waals surface area contributed by atoms with E-state index in [2.05, 4.69) is 33.3 Å². The van der Waals surface area contributed by atoms with Gasteiger partial charge in [0.25, 0.3) is 0 Å². The molecule has 2 fully saturated rings. The van der Waals surface area contributed by atoms with Crippen molar-refractivity contribution in [3.05, 3.63) is 29.8 Å². The third-order valence-corrected chi connectivity index (χ3v) is 5.87. The fourth-order valence-electron chi connectivity index (χ4n) is 4.48. The zero-order valence-electron chi connectivity index (χ0n) is 16.5. The number of nitrogen functional groups attached to an aromatic ring is 1. The maximum Gasteiger partial charge on any atom is 0.419 e. The van der Waals surface area contributed by atoms with Crippen molar-refractivity contribution in [3.63, 3.8) is 0 Å². The summed E-state index contributed by atoms with van der Waals surface area (Å²) < 4.78 is 54.4. The molecule has 2 aromatic heterocycles. The lowest BCUT2D eigenvalue weighted by Crippen LogP contribution is -2.27.